The zero-order chi connectivity index (χ0) is 11.5. The Morgan fingerprint density at radius 2 is 2.12 bits per heavy atom. The molecule has 2 aromatic heterocycles. The maximum atomic E-state index is 5.47. The van der Waals surface area contributed by atoms with E-state index in [2.05, 4.69) is 41.3 Å². The van der Waals surface area contributed by atoms with Crippen LogP contribution in [-0.4, -0.2) is 9.97 Å². The Balaban J connectivity index is 2.07. The summed E-state index contributed by atoms with van der Waals surface area (Å²) in [6, 6.07) is 4.48. The molecule has 2 aromatic rings. The van der Waals surface area contributed by atoms with Crippen LogP contribution in [0.4, 0.5) is 11.6 Å². The van der Waals surface area contributed by atoms with Gasteiger partial charge in [-0.05, 0) is 26.0 Å². The molecule has 0 saturated heterocycles. The van der Waals surface area contributed by atoms with Gasteiger partial charge in [-0.2, -0.15) is 0 Å². The molecule has 5 heteroatoms. The molecule has 0 fully saturated rings. The maximum Gasteiger partial charge on any atom is 0.145 e. The molecule has 1 unspecified atom stereocenters. The zero-order valence-corrected chi connectivity index (χ0v) is 10.1. The molecule has 0 spiro atoms. The molecule has 0 bridgehead atoms. The van der Waals surface area contributed by atoms with Crippen molar-refractivity contribution in [3.63, 3.8) is 0 Å². The van der Waals surface area contributed by atoms with Gasteiger partial charge in [-0.3, -0.25) is 0 Å². The SMILES string of the molecule is Cc1ccc(C(C)Nc2cnc(N)cn2)s1. The van der Waals surface area contributed by atoms with Gasteiger partial charge in [0.05, 0.1) is 18.4 Å². The first-order valence-electron chi connectivity index (χ1n) is 5.05. The number of nitrogens with one attached hydrogen (secondary N) is 1. The molecule has 1 atom stereocenters. The number of rotatable bonds is 3. The van der Waals surface area contributed by atoms with Gasteiger partial charge in [-0.1, -0.05) is 0 Å². The summed E-state index contributed by atoms with van der Waals surface area (Å²) in [6.07, 6.45) is 3.20. The van der Waals surface area contributed by atoms with Gasteiger partial charge in [-0.25, -0.2) is 9.97 Å². The minimum Gasteiger partial charge on any atom is -0.382 e. The summed E-state index contributed by atoms with van der Waals surface area (Å²) in [6.45, 7) is 4.20. The van der Waals surface area contributed by atoms with Gasteiger partial charge in [-0.15, -0.1) is 11.3 Å². The smallest absolute Gasteiger partial charge is 0.145 e. The van der Waals surface area contributed by atoms with Crippen molar-refractivity contribution in [2.45, 2.75) is 19.9 Å². The van der Waals surface area contributed by atoms with E-state index >= 15 is 0 Å². The first-order valence-corrected chi connectivity index (χ1v) is 5.87. The van der Waals surface area contributed by atoms with E-state index in [1.54, 1.807) is 23.7 Å². The lowest BCUT2D eigenvalue weighted by Gasteiger charge is -2.12. The fourth-order valence-corrected chi connectivity index (χ4v) is 2.27. The first kappa shape index (κ1) is 10.9. The quantitative estimate of drug-likeness (QED) is 0.856. The topological polar surface area (TPSA) is 63.8 Å². The van der Waals surface area contributed by atoms with E-state index in [4.69, 9.17) is 5.73 Å². The van der Waals surface area contributed by atoms with Gasteiger partial charge in [0.2, 0.25) is 0 Å². The Labute approximate surface area is 98.6 Å². The van der Waals surface area contributed by atoms with E-state index in [-0.39, 0.29) is 6.04 Å². The number of nitrogens with two attached hydrogens (primary N) is 1. The predicted molar refractivity (Wildman–Crippen MR) is 67.5 cm³/mol. The standard InChI is InChI=1S/C11H14N4S/c1-7-3-4-9(16-7)8(2)15-11-6-13-10(12)5-14-11/h3-6,8H,1-2H3,(H2,12,13)(H,14,15). The third-order valence-electron chi connectivity index (χ3n) is 2.22. The first-order chi connectivity index (χ1) is 7.65. The molecule has 0 aliphatic carbocycles. The minimum atomic E-state index is 0.233. The van der Waals surface area contributed by atoms with Crippen LogP contribution < -0.4 is 11.1 Å². The highest BCUT2D eigenvalue weighted by Gasteiger charge is 2.07. The van der Waals surface area contributed by atoms with E-state index in [1.807, 2.05) is 0 Å². The van der Waals surface area contributed by atoms with Crippen molar-refractivity contribution < 1.29 is 0 Å². The molecule has 0 aliphatic rings. The van der Waals surface area contributed by atoms with Crippen molar-refractivity contribution in [1.29, 1.82) is 0 Å². The number of hydrogen-bond donors (Lipinski definition) is 2. The van der Waals surface area contributed by atoms with Crippen molar-refractivity contribution in [2.75, 3.05) is 11.1 Å². The van der Waals surface area contributed by atoms with Gasteiger partial charge in [0.1, 0.15) is 11.6 Å². The van der Waals surface area contributed by atoms with Gasteiger partial charge in [0, 0.05) is 9.75 Å². The lowest BCUT2D eigenvalue weighted by Crippen LogP contribution is -2.07. The van der Waals surface area contributed by atoms with Crippen LogP contribution in [0, 0.1) is 6.92 Å². The van der Waals surface area contributed by atoms with Crippen molar-refractivity contribution in [3.05, 3.63) is 34.3 Å². The summed E-state index contributed by atoms with van der Waals surface area (Å²) in [7, 11) is 0. The minimum absolute atomic E-state index is 0.233. The molecule has 0 aromatic carbocycles. The van der Waals surface area contributed by atoms with Gasteiger partial charge in [0.25, 0.3) is 0 Å². The number of aryl methyl sites for hydroxylation is 1. The molecule has 2 heterocycles. The third kappa shape index (κ3) is 2.49. The average molecular weight is 234 g/mol. The van der Waals surface area contributed by atoms with E-state index in [1.165, 1.54) is 9.75 Å². The Morgan fingerprint density at radius 1 is 1.31 bits per heavy atom. The molecule has 0 radical (unpaired) electrons. The predicted octanol–water partition coefficient (Wildman–Crippen LogP) is 2.60. The molecule has 2 rings (SSSR count). The largest absolute Gasteiger partial charge is 0.382 e. The number of nitrogens with zero attached hydrogens (tertiary/aromatic N) is 2. The summed E-state index contributed by atoms with van der Waals surface area (Å²) in [5.74, 6) is 1.18. The van der Waals surface area contributed by atoms with Crippen LogP contribution in [0.3, 0.4) is 0 Å². The molecule has 0 saturated carbocycles. The van der Waals surface area contributed by atoms with Crippen LogP contribution in [0.5, 0.6) is 0 Å². The molecule has 3 N–H and O–H groups in total. The molecule has 0 amide bonds. The number of hydrogen-bond acceptors (Lipinski definition) is 5. The second kappa shape index (κ2) is 4.49. The van der Waals surface area contributed by atoms with Gasteiger partial charge in [0.15, 0.2) is 0 Å². The number of thiophene rings is 1. The average Bonchev–Trinajstić information content (AvgIpc) is 2.68. The normalized spacial score (nSPS) is 12.4. The molecule has 4 nitrogen and oxygen atoms in total. The van der Waals surface area contributed by atoms with Crippen molar-refractivity contribution >= 4 is 23.0 Å². The number of anilines is 2. The summed E-state index contributed by atoms with van der Waals surface area (Å²) in [5, 5.41) is 3.28. The van der Waals surface area contributed by atoms with Crippen LogP contribution in [0.1, 0.15) is 22.7 Å². The van der Waals surface area contributed by atoms with Gasteiger partial charge >= 0.3 is 0 Å². The second-order valence-electron chi connectivity index (χ2n) is 3.64. The van der Waals surface area contributed by atoms with Crippen LogP contribution >= 0.6 is 11.3 Å². The Morgan fingerprint density at radius 3 is 2.69 bits per heavy atom. The van der Waals surface area contributed by atoms with Crippen molar-refractivity contribution in [3.8, 4) is 0 Å². The highest BCUT2D eigenvalue weighted by Crippen LogP contribution is 2.24. The van der Waals surface area contributed by atoms with E-state index in [9.17, 15) is 0 Å². The van der Waals surface area contributed by atoms with E-state index < -0.39 is 0 Å². The van der Waals surface area contributed by atoms with E-state index in [0.717, 1.165) is 5.82 Å². The maximum absolute atomic E-state index is 5.47. The lowest BCUT2D eigenvalue weighted by atomic mass is 10.3. The fraction of sp³-hybridized carbons (Fsp3) is 0.273. The Hall–Kier alpha value is -1.62. The molecular formula is C11H14N4S. The van der Waals surface area contributed by atoms with Crippen molar-refractivity contribution in [1.82, 2.24) is 9.97 Å². The fourth-order valence-electron chi connectivity index (χ4n) is 1.39. The summed E-state index contributed by atoms with van der Waals surface area (Å²) in [4.78, 5) is 10.7. The van der Waals surface area contributed by atoms with Crippen LogP contribution in [-0.2, 0) is 0 Å². The summed E-state index contributed by atoms with van der Waals surface area (Å²) < 4.78 is 0. The molecule has 16 heavy (non-hydrogen) atoms. The Kier molecular flexibility index (Phi) is 3.05. The second-order valence-corrected chi connectivity index (χ2v) is 4.96. The summed E-state index contributed by atoms with van der Waals surface area (Å²) in [5.41, 5.74) is 5.47. The van der Waals surface area contributed by atoms with Crippen LogP contribution in [0.25, 0.3) is 0 Å². The number of aromatic nitrogens is 2. The zero-order valence-electron chi connectivity index (χ0n) is 9.27. The van der Waals surface area contributed by atoms with Crippen molar-refractivity contribution in [2.24, 2.45) is 0 Å². The lowest BCUT2D eigenvalue weighted by molar-refractivity contribution is 0.893. The van der Waals surface area contributed by atoms with Crippen LogP contribution in [0.2, 0.25) is 0 Å². The molecule has 84 valence electrons. The monoisotopic (exact) mass is 234 g/mol. The third-order valence-corrected chi connectivity index (χ3v) is 3.41. The highest BCUT2D eigenvalue weighted by atomic mass is 32.1. The molecule has 0 aliphatic heterocycles. The Bertz CT molecular complexity index is 463. The van der Waals surface area contributed by atoms with Gasteiger partial charge < -0.3 is 11.1 Å². The number of nitrogen functional groups attached to an aromatic ring is 1. The highest BCUT2D eigenvalue weighted by molar-refractivity contribution is 7.12. The van der Waals surface area contributed by atoms with Crippen LogP contribution in [0.15, 0.2) is 24.5 Å². The molecular weight excluding hydrogens is 220 g/mol. The summed E-state index contributed by atoms with van der Waals surface area (Å²) >= 11 is 1.78. The van der Waals surface area contributed by atoms with E-state index in [0.29, 0.717) is 5.82 Å².